The van der Waals surface area contributed by atoms with Gasteiger partial charge < -0.3 is 20.3 Å². The fourth-order valence-corrected chi connectivity index (χ4v) is 2.82. The van der Waals surface area contributed by atoms with Crippen LogP contribution in [0.15, 0.2) is 36.5 Å². The summed E-state index contributed by atoms with van der Waals surface area (Å²) in [5.74, 6) is -3.06. The molecule has 0 aliphatic rings. The first kappa shape index (κ1) is 20.2. The average Bonchev–Trinajstić information content (AvgIpc) is 2.70. The molecule has 3 N–H and O–H groups in total. The van der Waals surface area contributed by atoms with Gasteiger partial charge in [0.15, 0.2) is 11.4 Å². The maximum absolute atomic E-state index is 13.1. The lowest BCUT2D eigenvalue weighted by Crippen LogP contribution is -2.28. The molecule has 0 bridgehead atoms. The van der Waals surface area contributed by atoms with E-state index in [1.54, 1.807) is 18.2 Å². The van der Waals surface area contributed by atoms with Gasteiger partial charge in [0.2, 0.25) is 0 Å². The number of ether oxygens (including phenoxy) is 1. The highest BCUT2D eigenvalue weighted by Crippen LogP contribution is 2.29. The van der Waals surface area contributed by atoms with Crippen LogP contribution in [0.5, 0.6) is 5.75 Å². The molecule has 0 radical (unpaired) electrons. The monoisotopic (exact) mass is 399 g/mol. The third-order valence-corrected chi connectivity index (χ3v) is 4.20. The number of carbonyl (C=O) groups excluding carboxylic acids is 1. The average molecular weight is 399 g/mol. The summed E-state index contributed by atoms with van der Waals surface area (Å²) in [6.45, 7) is 0.464. The number of amides is 1. The molecule has 2 aromatic heterocycles. The molecule has 0 aliphatic carbocycles. The molecular formula is C20H18FN3O5. The van der Waals surface area contributed by atoms with Gasteiger partial charge in [0, 0.05) is 25.2 Å². The number of carboxylic acid groups (broad SMARTS) is 1. The minimum Gasteiger partial charge on any atom is -0.504 e. The third kappa shape index (κ3) is 4.46. The molecule has 0 saturated carbocycles. The molecule has 0 saturated heterocycles. The molecule has 0 unspecified atom stereocenters. The number of carbonyl (C=O) groups is 2. The van der Waals surface area contributed by atoms with Crippen LogP contribution in [0.3, 0.4) is 0 Å². The molecule has 1 aromatic carbocycles. The van der Waals surface area contributed by atoms with E-state index < -0.39 is 23.3 Å². The number of rotatable bonds is 7. The highest BCUT2D eigenvalue weighted by Gasteiger charge is 2.23. The van der Waals surface area contributed by atoms with E-state index in [2.05, 4.69) is 15.3 Å². The second-order valence-corrected chi connectivity index (χ2v) is 6.25. The van der Waals surface area contributed by atoms with E-state index in [-0.39, 0.29) is 35.6 Å². The number of methoxy groups -OCH3 is 1. The summed E-state index contributed by atoms with van der Waals surface area (Å²) in [6.07, 6.45) is 1.86. The van der Waals surface area contributed by atoms with E-state index in [9.17, 15) is 24.2 Å². The lowest BCUT2D eigenvalue weighted by Gasteiger charge is -2.11. The first-order valence-electron chi connectivity index (χ1n) is 8.67. The van der Waals surface area contributed by atoms with Crippen LogP contribution < -0.4 is 5.32 Å². The van der Waals surface area contributed by atoms with E-state index in [1.807, 2.05) is 0 Å². The number of fused-ring (bicyclic) bond motifs is 1. The molecule has 0 atom stereocenters. The van der Waals surface area contributed by atoms with Crippen molar-refractivity contribution in [2.24, 2.45) is 0 Å². The molecule has 2 heterocycles. The van der Waals surface area contributed by atoms with Gasteiger partial charge in [-0.1, -0.05) is 12.1 Å². The number of pyridine rings is 2. The van der Waals surface area contributed by atoms with E-state index in [1.165, 1.54) is 25.4 Å². The minimum atomic E-state index is -1.48. The number of halogens is 1. The molecule has 0 aliphatic heterocycles. The number of aromatic hydroxyl groups is 1. The Labute approximate surface area is 165 Å². The van der Waals surface area contributed by atoms with Crippen molar-refractivity contribution < 1.29 is 28.9 Å². The number of aromatic nitrogens is 2. The summed E-state index contributed by atoms with van der Waals surface area (Å²) in [4.78, 5) is 31.9. The first-order valence-corrected chi connectivity index (χ1v) is 8.67. The molecule has 150 valence electrons. The van der Waals surface area contributed by atoms with Crippen molar-refractivity contribution in [1.82, 2.24) is 15.3 Å². The smallest absolute Gasteiger partial charge is 0.358 e. The Morgan fingerprint density at radius 1 is 1.17 bits per heavy atom. The Morgan fingerprint density at radius 2 is 1.90 bits per heavy atom. The number of hydrogen-bond donors (Lipinski definition) is 3. The predicted octanol–water partition coefficient (Wildman–Crippen LogP) is 2.14. The normalized spacial score (nSPS) is 10.8. The Kier molecular flexibility index (Phi) is 5.99. The van der Waals surface area contributed by atoms with Gasteiger partial charge in [0.05, 0.1) is 6.61 Å². The Hall–Kier alpha value is -3.59. The highest BCUT2D eigenvalue weighted by atomic mass is 19.1. The van der Waals surface area contributed by atoms with Gasteiger partial charge in [0.25, 0.3) is 5.91 Å². The summed E-state index contributed by atoms with van der Waals surface area (Å²) >= 11 is 0. The van der Waals surface area contributed by atoms with Gasteiger partial charge in [0.1, 0.15) is 17.0 Å². The van der Waals surface area contributed by atoms with Crippen molar-refractivity contribution in [3.05, 3.63) is 64.9 Å². The highest BCUT2D eigenvalue weighted by molar-refractivity contribution is 6.08. The van der Waals surface area contributed by atoms with Gasteiger partial charge in [-0.25, -0.2) is 14.2 Å². The number of benzene rings is 1. The zero-order chi connectivity index (χ0) is 21.0. The van der Waals surface area contributed by atoms with Gasteiger partial charge in [-0.2, -0.15) is 0 Å². The maximum Gasteiger partial charge on any atom is 0.358 e. The molecule has 9 heteroatoms. The van der Waals surface area contributed by atoms with Crippen molar-refractivity contribution in [2.75, 3.05) is 20.3 Å². The third-order valence-electron chi connectivity index (χ3n) is 4.20. The lowest BCUT2D eigenvalue weighted by atomic mass is 10.0. The van der Waals surface area contributed by atoms with Crippen LogP contribution in [0.2, 0.25) is 0 Å². The molecule has 0 spiro atoms. The van der Waals surface area contributed by atoms with Crippen molar-refractivity contribution >= 4 is 22.8 Å². The van der Waals surface area contributed by atoms with E-state index in [0.29, 0.717) is 12.0 Å². The first-order chi connectivity index (χ1) is 13.9. The second-order valence-electron chi connectivity index (χ2n) is 6.25. The van der Waals surface area contributed by atoms with E-state index in [0.717, 1.165) is 5.56 Å². The number of nitrogens with one attached hydrogen (secondary N) is 1. The zero-order valence-corrected chi connectivity index (χ0v) is 15.5. The molecule has 3 rings (SSSR count). The minimum absolute atomic E-state index is 0.0443. The van der Waals surface area contributed by atoms with E-state index in [4.69, 9.17) is 4.74 Å². The molecule has 29 heavy (non-hydrogen) atoms. The molecular weight excluding hydrogens is 381 g/mol. The van der Waals surface area contributed by atoms with Gasteiger partial charge in [-0.05, 0) is 35.7 Å². The summed E-state index contributed by atoms with van der Waals surface area (Å²) in [5, 5.41) is 22.3. The molecule has 0 fully saturated rings. The van der Waals surface area contributed by atoms with Crippen LogP contribution in [0.4, 0.5) is 4.39 Å². The van der Waals surface area contributed by atoms with Gasteiger partial charge in [-0.3, -0.25) is 9.78 Å². The maximum atomic E-state index is 13.1. The Morgan fingerprint density at radius 3 is 2.55 bits per heavy atom. The standard InChI is InChI=1S/C20H18FN3O5/c1-29-7-6-22-19(26)16-14-9-12(8-11-2-4-13(21)5-3-11)10-23-15(14)18(25)17(24-16)20(27)28/h2-5,9-10,25H,6-8H2,1H3,(H,22,26)(H,27,28). The van der Waals surface area contributed by atoms with Crippen LogP contribution in [-0.4, -0.2) is 52.3 Å². The van der Waals surface area contributed by atoms with Crippen molar-refractivity contribution in [1.29, 1.82) is 0 Å². The summed E-state index contributed by atoms with van der Waals surface area (Å²) < 4.78 is 18.0. The van der Waals surface area contributed by atoms with Crippen LogP contribution in [-0.2, 0) is 11.2 Å². The number of nitrogens with zero attached hydrogens (tertiary/aromatic N) is 2. The molecule has 3 aromatic rings. The SMILES string of the molecule is COCCNC(=O)c1nc(C(=O)O)c(O)c2ncc(Cc3ccc(F)cc3)cc12. The lowest BCUT2D eigenvalue weighted by molar-refractivity contribution is 0.0687. The van der Waals surface area contributed by atoms with Gasteiger partial charge >= 0.3 is 5.97 Å². The summed E-state index contributed by atoms with van der Waals surface area (Å²) in [7, 11) is 1.48. The zero-order valence-electron chi connectivity index (χ0n) is 15.5. The fraction of sp³-hybridized carbons (Fsp3) is 0.200. The summed E-state index contributed by atoms with van der Waals surface area (Å²) in [6, 6.07) is 7.54. The van der Waals surface area contributed by atoms with Crippen molar-refractivity contribution in [3.63, 3.8) is 0 Å². The topological polar surface area (TPSA) is 122 Å². The number of hydrogen-bond acceptors (Lipinski definition) is 6. The van der Waals surface area contributed by atoms with E-state index >= 15 is 0 Å². The predicted molar refractivity (Wildman–Crippen MR) is 102 cm³/mol. The van der Waals surface area contributed by atoms with Crippen molar-refractivity contribution in [2.45, 2.75) is 6.42 Å². The Balaban J connectivity index is 2.07. The van der Waals surface area contributed by atoms with Crippen LogP contribution in [0, 0.1) is 5.82 Å². The number of aromatic carboxylic acids is 1. The van der Waals surface area contributed by atoms with Crippen LogP contribution in [0.1, 0.15) is 32.1 Å². The Bertz CT molecular complexity index is 1070. The second kappa shape index (κ2) is 8.61. The van der Waals surface area contributed by atoms with Crippen LogP contribution >= 0.6 is 0 Å². The van der Waals surface area contributed by atoms with Gasteiger partial charge in [-0.15, -0.1) is 0 Å². The summed E-state index contributed by atoms with van der Waals surface area (Å²) in [5.41, 5.74) is 0.627. The molecule has 8 nitrogen and oxygen atoms in total. The molecule has 1 amide bonds. The quantitative estimate of drug-likeness (QED) is 0.520. The van der Waals surface area contributed by atoms with Crippen LogP contribution in [0.25, 0.3) is 10.9 Å². The largest absolute Gasteiger partial charge is 0.504 e. The fourth-order valence-electron chi connectivity index (χ4n) is 2.82. The van der Waals surface area contributed by atoms with Crippen molar-refractivity contribution in [3.8, 4) is 5.75 Å². The number of carboxylic acids is 1.